The average molecular weight is 316 g/mol. The molecule has 1 aromatic heterocycles. The normalized spacial score (nSPS) is 21.4. The number of nitrogens with one attached hydrogen (secondary N) is 1. The zero-order valence-electron chi connectivity index (χ0n) is 13.4. The van der Waals surface area contributed by atoms with Crippen LogP contribution in [0.25, 0.3) is 11.0 Å². The van der Waals surface area contributed by atoms with E-state index in [2.05, 4.69) is 15.3 Å². The van der Waals surface area contributed by atoms with Gasteiger partial charge in [-0.25, -0.2) is 14.4 Å². The van der Waals surface area contributed by atoms with Gasteiger partial charge in [-0.1, -0.05) is 0 Å². The Kier molecular flexibility index (Phi) is 4.26. The number of carbonyl (C=O) groups excluding carboxylic acids is 1. The van der Waals surface area contributed by atoms with Crippen molar-refractivity contribution in [2.75, 3.05) is 0 Å². The average Bonchev–Trinajstić information content (AvgIpc) is 2.50. The van der Waals surface area contributed by atoms with Gasteiger partial charge in [-0.05, 0) is 45.6 Å². The van der Waals surface area contributed by atoms with E-state index in [0.717, 1.165) is 37.1 Å². The molecule has 1 amide bonds. The fraction of sp³-hybridized carbons (Fsp3) is 0.471. The minimum absolute atomic E-state index is 0.0834. The fourth-order valence-electron chi connectivity index (χ4n) is 3.00. The van der Waals surface area contributed by atoms with E-state index in [-0.39, 0.29) is 23.6 Å². The molecule has 0 unspecified atom stereocenters. The van der Waals surface area contributed by atoms with Crippen LogP contribution in [-0.2, 0) is 0 Å². The second-order valence-electron chi connectivity index (χ2n) is 6.30. The summed E-state index contributed by atoms with van der Waals surface area (Å²) in [4.78, 5) is 21.3. The number of benzene rings is 1. The number of amides is 1. The Morgan fingerprint density at radius 1 is 1.17 bits per heavy atom. The number of hydrogen-bond donors (Lipinski definition) is 2. The maximum Gasteiger partial charge on any atom is 0.253 e. The van der Waals surface area contributed by atoms with Crippen LogP contribution in [0.5, 0.6) is 0 Å². The largest absolute Gasteiger partial charge is 0.349 e. The summed E-state index contributed by atoms with van der Waals surface area (Å²) in [5, 5.41) is 2.98. The van der Waals surface area contributed by atoms with Crippen molar-refractivity contribution in [2.45, 2.75) is 51.6 Å². The van der Waals surface area contributed by atoms with Crippen molar-refractivity contribution >= 4 is 16.9 Å². The first kappa shape index (κ1) is 15.8. The van der Waals surface area contributed by atoms with Crippen LogP contribution in [0, 0.1) is 19.7 Å². The van der Waals surface area contributed by atoms with E-state index in [4.69, 9.17) is 5.73 Å². The number of carbonyl (C=O) groups is 1. The smallest absolute Gasteiger partial charge is 0.253 e. The Balaban J connectivity index is 1.92. The fourth-order valence-corrected chi connectivity index (χ4v) is 3.00. The van der Waals surface area contributed by atoms with Gasteiger partial charge in [-0.3, -0.25) is 4.79 Å². The third kappa shape index (κ3) is 3.32. The third-order valence-electron chi connectivity index (χ3n) is 4.50. The number of nitrogens with two attached hydrogens (primary N) is 1. The van der Waals surface area contributed by atoms with Crippen molar-refractivity contribution in [3.63, 3.8) is 0 Å². The van der Waals surface area contributed by atoms with E-state index in [1.54, 1.807) is 0 Å². The molecule has 122 valence electrons. The quantitative estimate of drug-likeness (QED) is 0.891. The van der Waals surface area contributed by atoms with Crippen LogP contribution in [0.15, 0.2) is 12.1 Å². The van der Waals surface area contributed by atoms with E-state index >= 15 is 0 Å². The molecule has 2 aromatic rings. The van der Waals surface area contributed by atoms with Gasteiger partial charge in [0.05, 0.1) is 22.5 Å². The first-order valence-corrected chi connectivity index (χ1v) is 7.95. The van der Waals surface area contributed by atoms with Gasteiger partial charge in [0, 0.05) is 18.2 Å². The van der Waals surface area contributed by atoms with Crippen molar-refractivity contribution in [1.29, 1.82) is 0 Å². The monoisotopic (exact) mass is 316 g/mol. The zero-order valence-corrected chi connectivity index (χ0v) is 13.4. The standard InChI is InChI=1S/C17H21FN4O/c1-9-10(2)21-16-14(7-11(18)8-15(16)20-9)17(23)22-13-5-3-12(19)4-6-13/h7-8,12-13H,3-6,19H2,1-2H3,(H,22,23). The van der Waals surface area contributed by atoms with E-state index in [9.17, 15) is 9.18 Å². The van der Waals surface area contributed by atoms with Gasteiger partial charge in [0.15, 0.2) is 0 Å². The molecule has 3 rings (SSSR count). The molecule has 0 aliphatic heterocycles. The van der Waals surface area contributed by atoms with Crippen molar-refractivity contribution in [2.24, 2.45) is 5.73 Å². The van der Waals surface area contributed by atoms with Crippen LogP contribution in [0.4, 0.5) is 4.39 Å². The Labute approximate surface area is 134 Å². The molecule has 1 saturated carbocycles. The molecular weight excluding hydrogens is 295 g/mol. The van der Waals surface area contributed by atoms with Crippen molar-refractivity contribution in [3.8, 4) is 0 Å². The van der Waals surface area contributed by atoms with E-state index in [1.165, 1.54) is 12.1 Å². The van der Waals surface area contributed by atoms with Crippen LogP contribution in [0.2, 0.25) is 0 Å². The van der Waals surface area contributed by atoms with Gasteiger partial charge < -0.3 is 11.1 Å². The Hall–Kier alpha value is -2.08. The second kappa shape index (κ2) is 6.20. The topological polar surface area (TPSA) is 80.9 Å². The third-order valence-corrected chi connectivity index (χ3v) is 4.50. The predicted octanol–water partition coefficient (Wildman–Crippen LogP) is 2.39. The summed E-state index contributed by atoms with van der Waals surface area (Å²) in [6, 6.07) is 2.84. The van der Waals surface area contributed by atoms with E-state index in [0.29, 0.717) is 11.0 Å². The number of aromatic nitrogens is 2. The Morgan fingerprint density at radius 3 is 2.52 bits per heavy atom. The minimum Gasteiger partial charge on any atom is -0.349 e. The summed E-state index contributed by atoms with van der Waals surface area (Å²) in [7, 11) is 0. The highest BCUT2D eigenvalue weighted by Crippen LogP contribution is 2.21. The molecular formula is C17H21FN4O. The molecule has 0 atom stereocenters. The molecule has 3 N–H and O–H groups in total. The molecule has 1 aromatic carbocycles. The number of hydrogen-bond acceptors (Lipinski definition) is 4. The lowest BCUT2D eigenvalue weighted by molar-refractivity contribution is 0.0927. The maximum absolute atomic E-state index is 13.9. The van der Waals surface area contributed by atoms with Crippen LogP contribution >= 0.6 is 0 Å². The predicted molar refractivity (Wildman–Crippen MR) is 86.7 cm³/mol. The molecule has 1 aliphatic rings. The molecule has 0 radical (unpaired) electrons. The molecule has 5 nitrogen and oxygen atoms in total. The van der Waals surface area contributed by atoms with Gasteiger partial charge >= 0.3 is 0 Å². The van der Waals surface area contributed by atoms with Gasteiger partial charge in [0.1, 0.15) is 11.3 Å². The summed E-state index contributed by atoms with van der Waals surface area (Å²) in [5.74, 6) is -0.779. The van der Waals surface area contributed by atoms with Crippen LogP contribution in [0.3, 0.4) is 0 Å². The van der Waals surface area contributed by atoms with Gasteiger partial charge in [0.25, 0.3) is 5.91 Å². The summed E-state index contributed by atoms with van der Waals surface area (Å²) in [6.45, 7) is 3.65. The second-order valence-corrected chi connectivity index (χ2v) is 6.30. The zero-order chi connectivity index (χ0) is 16.6. The van der Waals surface area contributed by atoms with Gasteiger partial charge in [-0.15, -0.1) is 0 Å². The number of aryl methyl sites for hydroxylation is 2. The highest BCUT2D eigenvalue weighted by Gasteiger charge is 2.22. The number of rotatable bonds is 2. The Bertz CT molecular complexity index is 754. The molecule has 0 spiro atoms. The summed E-state index contributed by atoms with van der Waals surface area (Å²) in [6.07, 6.45) is 3.49. The molecule has 0 saturated heterocycles. The van der Waals surface area contributed by atoms with Crippen LogP contribution in [0.1, 0.15) is 47.4 Å². The van der Waals surface area contributed by atoms with Crippen molar-refractivity contribution < 1.29 is 9.18 Å². The lowest BCUT2D eigenvalue weighted by Crippen LogP contribution is -2.40. The lowest BCUT2D eigenvalue weighted by Gasteiger charge is -2.26. The molecule has 0 bridgehead atoms. The Morgan fingerprint density at radius 2 is 1.83 bits per heavy atom. The van der Waals surface area contributed by atoms with E-state index in [1.807, 2.05) is 13.8 Å². The van der Waals surface area contributed by atoms with Gasteiger partial charge in [0.2, 0.25) is 0 Å². The first-order chi connectivity index (χ1) is 10.9. The maximum atomic E-state index is 13.9. The number of fused-ring (bicyclic) bond motifs is 1. The van der Waals surface area contributed by atoms with Crippen molar-refractivity contribution in [3.05, 3.63) is 34.9 Å². The molecule has 1 heterocycles. The SMILES string of the molecule is Cc1nc2cc(F)cc(C(=O)NC3CCC(N)CC3)c2nc1C. The van der Waals surface area contributed by atoms with Gasteiger partial charge in [-0.2, -0.15) is 0 Å². The molecule has 1 aliphatic carbocycles. The minimum atomic E-state index is -0.481. The molecule has 23 heavy (non-hydrogen) atoms. The number of nitrogens with zero attached hydrogens (tertiary/aromatic N) is 2. The first-order valence-electron chi connectivity index (χ1n) is 7.95. The summed E-state index contributed by atoms with van der Waals surface area (Å²) in [5.41, 5.74) is 8.44. The molecule has 1 fully saturated rings. The molecule has 6 heteroatoms. The lowest BCUT2D eigenvalue weighted by atomic mass is 9.91. The highest BCUT2D eigenvalue weighted by atomic mass is 19.1. The highest BCUT2D eigenvalue weighted by molar-refractivity contribution is 6.04. The van der Waals surface area contributed by atoms with E-state index < -0.39 is 5.82 Å². The van der Waals surface area contributed by atoms with Crippen molar-refractivity contribution in [1.82, 2.24) is 15.3 Å². The van der Waals surface area contributed by atoms with Crippen LogP contribution in [-0.4, -0.2) is 28.0 Å². The number of halogens is 1. The summed E-state index contributed by atoms with van der Waals surface area (Å²) >= 11 is 0. The van der Waals surface area contributed by atoms with Crippen LogP contribution < -0.4 is 11.1 Å². The summed E-state index contributed by atoms with van der Waals surface area (Å²) < 4.78 is 13.9.